The highest BCUT2D eigenvalue weighted by molar-refractivity contribution is 5.92. The number of hydrogen-bond donors (Lipinski definition) is 2. The maximum Gasteiger partial charge on any atom is 0.0474 e. The van der Waals surface area contributed by atoms with Gasteiger partial charge in [-0.15, -0.1) is 0 Å². The fourth-order valence-corrected chi connectivity index (χ4v) is 4.17. The lowest BCUT2D eigenvalue weighted by Crippen LogP contribution is -2.47. The standard InChI is InChI=1S/C22H24N4/c1-2-5-20-18(4-1)17(16-24-20)9-11-25-12-14-26(15-13-25)22-7-3-6-21-19(22)8-10-23-21/h1-8,10,16,23-24H,9,11-15H2. The highest BCUT2D eigenvalue weighted by atomic mass is 15.3. The Morgan fingerprint density at radius 1 is 0.769 bits per heavy atom. The normalized spacial score (nSPS) is 15.9. The first-order valence-electron chi connectivity index (χ1n) is 9.47. The van der Waals surface area contributed by atoms with Crippen molar-refractivity contribution < 1.29 is 0 Å². The average molecular weight is 344 g/mol. The summed E-state index contributed by atoms with van der Waals surface area (Å²) in [6, 6.07) is 17.3. The molecule has 1 fully saturated rings. The summed E-state index contributed by atoms with van der Waals surface area (Å²) in [5.74, 6) is 0. The molecule has 4 nitrogen and oxygen atoms in total. The second-order valence-corrected chi connectivity index (χ2v) is 7.15. The van der Waals surface area contributed by atoms with E-state index in [9.17, 15) is 0 Å². The Bertz CT molecular complexity index is 1020. The Balaban J connectivity index is 1.23. The number of fused-ring (bicyclic) bond motifs is 2. The number of nitrogens with zero attached hydrogens (tertiary/aromatic N) is 2. The highest BCUT2D eigenvalue weighted by Gasteiger charge is 2.19. The summed E-state index contributed by atoms with van der Waals surface area (Å²) in [5, 5.41) is 2.70. The van der Waals surface area contributed by atoms with E-state index >= 15 is 0 Å². The van der Waals surface area contributed by atoms with E-state index in [-0.39, 0.29) is 0 Å². The monoisotopic (exact) mass is 344 g/mol. The van der Waals surface area contributed by atoms with Gasteiger partial charge in [0.1, 0.15) is 0 Å². The highest BCUT2D eigenvalue weighted by Crippen LogP contribution is 2.27. The van der Waals surface area contributed by atoms with E-state index in [1.807, 2.05) is 6.20 Å². The molecule has 2 aromatic carbocycles. The fraction of sp³-hybridized carbons (Fsp3) is 0.273. The molecule has 26 heavy (non-hydrogen) atoms. The van der Waals surface area contributed by atoms with Gasteiger partial charge in [0.15, 0.2) is 0 Å². The summed E-state index contributed by atoms with van der Waals surface area (Å²) in [6.07, 6.45) is 5.32. The summed E-state index contributed by atoms with van der Waals surface area (Å²) in [5.41, 5.74) is 5.26. The Hall–Kier alpha value is -2.72. The van der Waals surface area contributed by atoms with Crippen molar-refractivity contribution >= 4 is 27.5 Å². The molecule has 132 valence electrons. The van der Waals surface area contributed by atoms with Gasteiger partial charge < -0.3 is 14.9 Å². The van der Waals surface area contributed by atoms with Crippen LogP contribution in [0.1, 0.15) is 5.56 Å². The number of aromatic nitrogens is 2. The zero-order chi connectivity index (χ0) is 17.3. The van der Waals surface area contributed by atoms with Crippen LogP contribution in [0, 0.1) is 0 Å². The third kappa shape index (κ3) is 2.76. The minimum absolute atomic E-state index is 1.10. The number of piperazine rings is 1. The second-order valence-electron chi connectivity index (χ2n) is 7.15. The van der Waals surface area contributed by atoms with E-state index in [0.717, 1.165) is 39.1 Å². The first kappa shape index (κ1) is 15.5. The Morgan fingerprint density at radius 3 is 2.50 bits per heavy atom. The van der Waals surface area contributed by atoms with E-state index in [0.29, 0.717) is 0 Å². The fourth-order valence-electron chi connectivity index (χ4n) is 4.17. The van der Waals surface area contributed by atoms with E-state index in [2.05, 4.69) is 74.5 Å². The molecule has 0 radical (unpaired) electrons. The van der Waals surface area contributed by atoms with E-state index in [4.69, 9.17) is 0 Å². The molecule has 0 spiro atoms. The molecular weight excluding hydrogens is 320 g/mol. The smallest absolute Gasteiger partial charge is 0.0474 e. The first-order valence-corrected chi connectivity index (χ1v) is 9.47. The van der Waals surface area contributed by atoms with Gasteiger partial charge in [-0.1, -0.05) is 24.3 Å². The van der Waals surface area contributed by atoms with Crippen LogP contribution in [-0.4, -0.2) is 47.6 Å². The lowest BCUT2D eigenvalue weighted by molar-refractivity contribution is 0.261. The molecule has 3 heterocycles. The van der Waals surface area contributed by atoms with Crippen molar-refractivity contribution in [1.29, 1.82) is 0 Å². The number of benzene rings is 2. The van der Waals surface area contributed by atoms with Crippen LogP contribution in [0.2, 0.25) is 0 Å². The van der Waals surface area contributed by atoms with Crippen LogP contribution < -0.4 is 4.90 Å². The number of aromatic amines is 2. The van der Waals surface area contributed by atoms with Gasteiger partial charge in [-0.2, -0.15) is 0 Å². The van der Waals surface area contributed by atoms with Crippen molar-refractivity contribution in [3.05, 3.63) is 66.5 Å². The molecule has 4 aromatic rings. The van der Waals surface area contributed by atoms with Gasteiger partial charge in [-0.3, -0.25) is 4.90 Å². The van der Waals surface area contributed by atoms with Gasteiger partial charge in [0.05, 0.1) is 0 Å². The van der Waals surface area contributed by atoms with Crippen LogP contribution in [0.5, 0.6) is 0 Å². The summed E-state index contributed by atoms with van der Waals surface area (Å²) in [6.45, 7) is 5.58. The molecule has 1 saturated heterocycles. The number of para-hydroxylation sites is 1. The molecule has 2 N–H and O–H groups in total. The molecule has 1 aliphatic heterocycles. The minimum atomic E-state index is 1.10. The summed E-state index contributed by atoms with van der Waals surface area (Å²) in [4.78, 5) is 11.8. The van der Waals surface area contributed by atoms with Gasteiger partial charge in [-0.25, -0.2) is 0 Å². The zero-order valence-corrected chi connectivity index (χ0v) is 14.9. The molecule has 1 aliphatic rings. The van der Waals surface area contributed by atoms with Crippen molar-refractivity contribution in [2.24, 2.45) is 0 Å². The van der Waals surface area contributed by atoms with Crippen LogP contribution in [0.4, 0.5) is 5.69 Å². The lowest BCUT2D eigenvalue weighted by atomic mass is 10.1. The maximum atomic E-state index is 3.39. The van der Waals surface area contributed by atoms with Crippen LogP contribution in [0.15, 0.2) is 60.9 Å². The van der Waals surface area contributed by atoms with E-state index in [1.165, 1.54) is 33.1 Å². The number of hydrogen-bond acceptors (Lipinski definition) is 2. The Morgan fingerprint density at radius 2 is 1.58 bits per heavy atom. The third-order valence-electron chi connectivity index (χ3n) is 5.66. The van der Waals surface area contributed by atoms with Crippen LogP contribution in [-0.2, 0) is 6.42 Å². The van der Waals surface area contributed by atoms with Crippen molar-refractivity contribution in [1.82, 2.24) is 14.9 Å². The van der Waals surface area contributed by atoms with Gasteiger partial charge in [-0.05, 0) is 36.2 Å². The van der Waals surface area contributed by atoms with Gasteiger partial charge in [0.2, 0.25) is 0 Å². The van der Waals surface area contributed by atoms with Crippen LogP contribution in [0.25, 0.3) is 21.8 Å². The van der Waals surface area contributed by atoms with Crippen molar-refractivity contribution in [3.63, 3.8) is 0 Å². The van der Waals surface area contributed by atoms with E-state index < -0.39 is 0 Å². The molecule has 0 atom stereocenters. The quantitative estimate of drug-likeness (QED) is 0.587. The molecular formula is C22H24N4. The molecule has 0 saturated carbocycles. The van der Waals surface area contributed by atoms with Crippen LogP contribution in [0.3, 0.4) is 0 Å². The summed E-state index contributed by atoms with van der Waals surface area (Å²) >= 11 is 0. The molecule has 2 aromatic heterocycles. The predicted octanol–water partition coefficient (Wildman–Crippen LogP) is 4.01. The lowest BCUT2D eigenvalue weighted by Gasteiger charge is -2.36. The largest absolute Gasteiger partial charge is 0.368 e. The molecule has 0 bridgehead atoms. The summed E-state index contributed by atoms with van der Waals surface area (Å²) < 4.78 is 0. The van der Waals surface area contributed by atoms with Crippen LogP contribution >= 0.6 is 0 Å². The van der Waals surface area contributed by atoms with E-state index in [1.54, 1.807) is 0 Å². The van der Waals surface area contributed by atoms with Crippen molar-refractivity contribution in [2.45, 2.75) is 6.42 Å². The number of rotatable bonds is 4. The maximum absolute atomic E-state index is 3.39. The summed E-state index contributed by atoms with van der Waals surface area (Å²) in [7, 11) is 0. The SMILES string of the molecule is c1ccc2c(CCN3CCN(c4cccc5[nH]ccc45)CC3)c[nH]c2c1. The first-order chi connectivity index (χ1) is 12.9. The number of anilines is 1. The molecule has 4 heteroatoms. The Kier molecular flexibility index (Phi) is 3.91. The Labute approximate surface area is 153 Å². The third-order valence-corrected chi connectivity index (χ3v) is 5.66. The molecule has 5 rings (SSSR count). The number of H-pyrrole nitrogens is 2. The minimum Gasteiger partial charge on any atom is -0.368 e. The second kappa shape index (κ2) is 6.54. The molecule has 0 amide bonds. The predicted molar refractivity (Wildman–Crippen MR) is 109 cm³/mol. The zero-order valence-electron chi connectivity index (χ0n) is 14.9. The topological polar surface area (TPSA) is 38.1 Å². The molecule has 0 aliphatic carbocycles. The van der Waals surface area contributed by atoms with Crippen molar-refractivity contribution in [2.75, 3.05) is 37.6 Å². The average Bonchev–Trinajstić information content (AvgIpc) is 3.33. The van der Waals surface area contributed by atoms with Crippen molar-refractivity contribution in [3.8, 4) is 0 Å². The van der Waals surface area contributed by atoms with Gasteiger partial charge >= 0.3 is 0 Å². The molecule has 0 unspecified atom stereocenters. The van der Waals surface area contributed by atoms with Gasteiger partial charge in [0, 0.05) is 72.6 Å². The number of nitrogens with one attached hydrogen (secondary N) is 2. The van der Waals surface area contributed by atoms with Gasteiger partial charge in [0.25, 0.3) is 0 Å².